The smallest absolute Gasteiger partial charge is 0.238 e. The Hall–Kier alpha value is -7.41. The Balaban J connectivity index is 1.08. The van der Waals surface area contributed by atoms with Gasteiger partial charge in [0.05, 0.1) is 15.7 Å². The van der Waals surface area contributed by atoms with Crippen molar-refractivity contribution in [3.8, 4) is 51.0 Å². The monoisotopic (exact) mass is 746 g/mol. The zero-order chi connectivity index (χ0) is 37.5. The molecule has 0 N–H and O–H groups in total. The average Bonchev–Trinajstić information content (AvgIpc) is 3.96. The molecule has 5 nitrogen and oxygen atoms in total. The molecule has 0 fully saturated rings. The Bertz CT molecular complexity index is 3520. The molecule has 12 rings (SSSR count). The van der Waals surface area contributed by atoms with E-state index < -0.39 is 0 Å². The van der Waals surface area contributed by atoms with Crippen LogP contribution in [0.2, 0.25) is 0 Å². The summed E-state index contributed by atoms with van der Waals surface area (Å²) in [5.74, 6) is 1.77. The molecule has 0 aliphatic heterocycles. The summed E-state index contributed by atoms with van der Waals surface area (Å²) in [5.41, 5.74) is 10.3. The van der Waals surface area contributed by atoms with Gasteiger partial charge in [-0.3, -0.25) is 4.57 Å². The van der Waals surface area contributed by atoms with Gasteiger partial charge >= 0.3 is 0 Å². The molecule has 0 bridgehead atoms. The van der Waals surface area contributed by atoms with Crippen LogP contribution in [0.25, 0.3) is 115 Å². The highest BCUT2D eigenvalue weighted by Crippen LogP contribution is 2.43. The predicted molar refractivity (Wildman–Crippen MR) is 236 cm³/mol. The van der Waals surface area contributed by atoms with Gasteiger partial charge in [0.15, 0.2) is 11.6 Å². The fraction of sp³-hybridized carbons (Fsp3) is 0. The molecular formula is C51H30N4OS. The average molecular weight is 747 g/mol. The number of benzene rings is 8. The number of aromatic nitrogens is 4. The van der Waals surface area contributed by atoms with Crippen molar-refractivity contribution in [1.29, 1.82) is 0 Å². The van der Waals surface area contributed by atoms with Crippen molar-refractivity contribution in [3.63, 3.8) is 0 Å². The van der Waals surface area contributed by atoms with Crippen LogP contribution in [0, 0.1) is 0 Å². The zero-order valence-electron chi connectivity index (χ0n) is 30.4. The maximum absolute atomic E-state index is 6.21. The quantitative estimate of drug-likeness (QED) is 0.176. The Kier molecular flexibility index (Phi) is 7.03. The van der Waals surface area contributed by atoms with E-state index in [-0.39, 0.29) is 0 Å². The minimum Gasteiger partial charge on any atom is -0.456 e. The van der Waals surface area contributed by atoms with E-state index in [0.717, 1.165) is 60.6 Å². The molecular weight excluding hydrogens is 717 g/mol. The molecule has 12 aromatic rings. The maximum Gasteiger partial charge on any atom is 0.238 e. The van der Waals surface area contributed by atoms with Crippen molar-refractivity contribution in [2.75, 3.05) is 0 Å². The van der Waals surface area contributed by atoms with Crippen molar-refractivity contribution in [2.45, 2.75) is 0 Å². The van der Waals surface area contributed by atoms with E-state index in [9.17, 15) is 0 Å². The molecule has 6 heteroatoms. The Morgan fingerprint density at radius 2 is 1.00 bits per heavy atom. The molecule has 0 saturated carbocycles. The van der Waals surface area contributed by atoms with Crippen LogP contribution in [-0.2, 0) is 0 Å². The van der Waals surface area contributed by atoms with Crippen LogP contribution in [0.1, 0.15) is 0 Å². The lowest BCUT2D eigenvalue weighted by Gasteiger charge is -2.12. The van der Waals surface area contributed by atoms with E-state index in [1.807, 2.05) is 47.7 Å². The molecule has 0 amide bonds. The molecule has 0 radical (unpaired) electrons. The Labute approximate surface area is 330 Å². The van der Waals surface area contributed by atoms with Crippen molar-refractivity contribution in [2.24, 2.45) is 0 Å². The number of furan rings is 1. The summed E-state index contributed by atoms with van der Waals surface area (Å²) in [6.45, 7) is 0. The lowest BCUT2D eigenvalue weighted by molar-refractivity contribution is 0.669. The molecule has 0 unspecified atom stereocenters. The summed E-state index contributed by atoms with van der Waals surface area (Å²) < 4.78 is 10.9. The minimum absolute atomic E-state index is 0.572. The minimum atomic E-state index is 0.572. The number of rotatable bonds is 5. The fourth-order valence-corrected chi connectivity index (χ4v) is 9.59. The highest BCUT2D eigenvalue weighted by Gasteiger charge is 2.21. The van der Waals surface area contributed by atoms with Gasteiger partial charge in [0.2, 0.25) is 5.95 Å². The third-order valence-corrected chi connectivity index (χ3v) is 12.3. The van der Waals surface area contributed by atoms with Crippen molar-refractivity contribution in [1.82, 2.24) is 19.5 Å². The highest BCUT2D eigenvalue weighted by molar-refractivity contribution is 7.26. The summed E-state index contributed by atoms with van der Waals surface area (Å²) in [6, 6.07) is 63.8. The van der Waals surface area contributed by atoms with Crippen LogP contribution in [0.5, 0.6) is 0 Å². The first kappa shape index (κ1) is 31.9. The van der Waals surface area contributed by atoms with E-state index in [0.29, 0.717) is 17.6 Å². The number of nitrogens with zero attached hydrogens (tertiary/aromatic N) is 4. The standard InChI is InChI=1S/C51H30N4OS/c1-2-11-31(12-3-1)34-13-10-14-35(29-34)32-21-23-33(24-22-32)49-52-50(36-25-28-45-42(30-36)38-16-5-8-19-44(38)56-45)54-51(53-49)55-43-18-7-4-15-37(43)40-26-27-41-39-17-6-9-20-46(39)57-48(41)47(40)55/h1-30H. The first-order valence-corrected chi connectivity index (χ1v) is 19.8. The zero-order valence-corrected chi connectivity index (χ0v) is 31.2. The Morgan fingerprint density at radius 1 is 0.386 bits per heavy atom. The highest BCUT2D eigenvalue weighted by atomic mass is 32.1. The van der Waals surface area contributed by atoms with Gasteiger partial charge in [0, 0.05) is 48.1 Å². The van der Waals surface area contributed by atoms with Gasteiger partial charge in [-0.25, -0.2) is 4.98 Å². The number of fused-ring (bicyclic) bond motifs is 10. The van der Waals surface area contributed by atoms with Crippen LogP contribution in [0.4, 0.5) is 0 Å². The van der Waals surface area contributed by atoms with E-state index in [4.69, 9.17) is 19.4 Å². The van der Waals surface area contributed by atoms with E-state index >= 15 is 0 Å². The van der Waals surface area contributed by atoms with Gasteiger partial charge in [-0.15, -0.1) is 11.3 Å². The van der Waals surface area contributed by atoms with Crippen LogP contribution in [0.3, 0.4) is 0 Å². The van der Waals surface area contributed by atoms with Crippen LogP contribution in [0.15, 0.2) is 186 Å². The van der Waals surface area contributed by atoms with Gasteiger partial charge < -0.3 is 4.42 Å². The molecule has 266 valence electrons. The van der Waals surface area contributed by atoms with Crippen molar-refractivity contribution < 1.29 is 4.42 Å². The Morgan fingerprint density at radius 3 is 1.84 bits per heavy atom. The van der Waals surface area contributed by atoms with Crippen LogP contribution >= 0.6 is 11.3 Å². The summed E-state index contributed by atoms with van der Waals surface area (Å²) in [4.78, 5) is 15.8. The second-order valence-corrected chi connectivity index (χ2v) is 15.5. The molecule has 4 heterocycles. The van der Waals surface area contributed by atoms with Gasteiger partial charge in [0.1, 0.15) is 11.2 Å². The summed E-state index contributed by atoms with van der Waals surface area (Å²) in [5, 5.41) is 6.89. The maximum atomic E-state index is 6.21. The van der Waals surface area contributed by atoms with Gasteiger partial charge in [-0.1, -0.05) is 140 Å². The SMILES string of the molecule is c1ccc(-c2cccc(-c3ccc(-c4nc(-c5ccc6oc7ccccc7c6c5)nc(-n5c6ccccc6c6ccc7c8ccccc8sc7c65)n4)cc3)c2)cc1. The predicted octanol–water partition coefficient (Wildman–Crippen LogP) is 13.9. The first-order chi connectivity index (χ1) is 28.2. The molecule has 0 aliphatic rings. The number of para-hydroxylation sites is 2. The number of hydrogen-bond acceptors (Lipinski definition) is 5. The van der Waals surface area contributed by atoms with Gasteiger partial charge in [0.25, 0.3) is 0 Å². The summed E-state index contributed by atoms with van der Waals surface area (Å²) in [7, 11) is 0. The van der Waals surface area contributed by atoms with Gasteiger partial charge in [-0.05, 0) is 64.7 Å². The topological polar surface area (TPSA) is 56.7 Å². The molecule has 0 saturated heterocycles. The molecule has 0 aliphatic carbocycles. The summed E-state index contributed by atoms with van der Waals surface area (Å²) >= 11 is 1.82. The van der Waals surface area contributed by atoms with Crippen LogP contribution in [-0.4, -0.2) is 19.5 Å². The molecule has 0 spiro atoms. The van der Waals surface area contributed by atoms with Crippen molar-refractivity contribution >= 4 is 75.3 Å². The van der Waals surface area contributed by atoms with E-state index in [1.54, 1.807) is 0 Å². The molecule has 8 aromatic carbocycles. The third kappa shape index (κ3) is 5.12. The normalized spacial score (nSPS) is 11.9. The summed E-state index contributed by atoms with van der Waals surface area (Å²) in [6.07, 6.45) is 0. The third-order valence-electron chi connectivity index (χ3n) is 11.1. The second kappa shape index (κ2) is 12.6. The lowest BCUT2D eigenvalue weighted by Crippen LogP contribution is -2.06. The largest absolute Gasteiger partial charge is 0.456 e. The molecule has 57 heavy (non-hydrogen) atoms. The second-order valence-electron chi connectivity index (χ2n) is 14.4. The van der Waals surface area contributed by atoms with Gasteiger partial charge in [-0.2, -0.15) is 9.97 Å². The fourth-order valence-electron chi connectivity index (χ4n) is 8.35. The first-order valence-electron chi connectivity index (χ1n) is 19.0. The number of thiophene rings is 1. The van der Waals surface area contributed by atoms with E-state index in [2.05, 4.69) is 150 Å². The molecule has 0 atom stereocenters. The molecule has 4 aromatic heterocycles. The van der Waals surface area contributed by atoms with Crippen LogP contribution < -0.4 is 0 Å². The lowest BCUT2D eigenvalue weighted by atomic mass is 9.98. The van der Waals surface area contributed by atoms with E-state index in [1.165, 1.54) is 36.7 Å². The number of hydrogen-bond donors (Lipinski definition) is 0. The van der Waals surface area contributed by atoms with Crippen molar-refractivity contribution in [3.05, 3.63) is 182 Å².